The number of nitrogens with two attached hydrogens (primary N) is 1. The summed E-state index contributed by atoms with van der Waals surface area (Å²) in [7, 11) is 0. The number of aromatic nitrogens is 2. The molecule has 0 aromatic carbocycles. The molecule has 0 amide bonds. The van der Waals surface area contributed by atoms with Crippen LogP contribution in [0.25, 0.3) is 11.7 Å². The van der Waals surface area contributed by atoms with Crippen molar-refractivity contribution in [1.82, 2.24) is 15.0 Å². The molecule has 6 nitrogen and oxygen atoms in total. The van der Waals surface area contributed by atoms with Crippen molar-refractivity contribution in [2.24, 2.45) is 5.73 Å². The van der Waals surface area contributed by atoms with E-state index >= 15 is 0 Å². The maximum Gasteiger partial charge on any atom is 0.293 e. The molecule has 1 unspecified atom stereocenters. The third-order valence-electron chi connectivity index (χ3n) is 3.34. The lowest BCUT2D eigenvalue weighted by atomic mass is 10.2. The van der Waals surface area contributed by atoms with Crippen LogP contribution in [0, 0.1) is 0 Å². The maximum atomic E-state index is 6.11. The van der Waals surface area contributed by atoms with Crippen molar-refractivity contribution < 1.29 is 8.94 Å². The van der Waals surface area contributed by atoms with Crippen molar-refractivity contribution in [3.8, 4) is 11.7 Å². The number of rotatable bonds is 7. The quantitative estimate of drug-likeness (QED) is 0.836. The molecule has 0 fully saturated rings. The first-order valence-electron chi connectivity index (χ1n) is 7.08. The summed E-state index contributed by atoms with van der Waals surface area (Å²) < 4.78 is 10.8. The van der Waals surface area contributed by atoms with Crippen LogP contribution in [0.4, 0.5) is 0 Å². The van der Waals surface area contributed by atoms with E-state index in [2.05, 4.69) is 28.9 Å². The van der Waals surface area contributed by atoms with Crippen molar-refractivity contribution in [3.63, 3.8) is 0 Å². The Balaban J connectivity index is 2.08. The summed E-state index contributed by atoms with van der Waals surface area (Å²) in [4.78, 5) is 6.55. The molecular formula is C14H22N4O2. The Kier molecular flexibility index (Phi) is 4.92. The van der Waals surface area contributed by atoms with E-state index in [-0.39, 0.29) is 6.04 Å². The molecule has 2 aromatic rings. The zero-order valence-electron chi connectivity index (χ0n) is 12.3. The molecule has 0 aliphatic rings. The predicted octanol–water partition coefficient (Wildman–Crippen LogP) is 2.23. The molecule has 110 valence electrons. The highest BCUT2D eigenvalue weighted by molar-refractivity contribution is 5.44. The van der Waals surface area contributed by atoms with Gasteiger partial charge in [0.2, 0.25) is 0 Å². The van der Waals surface area contributed by atoms with Gasteiger partial charge >= 0.3 is 0 Å². The summed E-state index contributed by atoms with van der Waals surface area (Å²) in [6.45, 7) is 8.85. The molecule has 1 atom stereocenters. The van der Waals surface area contributed by atoms with Gasteiger partial charge in [-0.2, -0.15) is 4.98 Å². The van der Waals surface area contributed by atoms with Gasteiger partial charge in [0.25, 0.3) is 5.89 Å². The number of likely N-dealkylation sites (N-methyl/N-ethyl adjacent to an activating group) is 1. The van der Waals surface area contributed by atoms with Gasteiger partial charge in [0.15, 0.2) is 11.6 Å². The van der Waals surface area contributed by atoms with Gasteiger partial charge in [0, 0.05) is 13.0 Å². The number of nitrogens with zero attached hydrogens (tertiary/aromatic N) is 3. The van der Waals surface area contributed by atoms with Gasteiger partial charge in [-0.1, -0.05) is 25.9 Å². The van der Waals surface area contributed by atoms with Crippen LogP contribution in [0.1, 0.15) is 38.4 Å². The van der Waals surface area contributed by atoms with Crippen LogP contribution in [0.3, 0.4) is 0 Å². The zero-order chi connectivity index (χ0) is 14.5. The fourth-order valence-corrected chi connectivity index (χ4v) is 2.01. The number of aryl methyl sites for hydroxylation is 1. The van der Waals surface area contributed by atoms with Gasteiger partial charge in [0.1, 0.15) is 5.76 Å². The third-order valence-corrected chi connectivity index (χ3v) is 3.34. The first-order chi connectivity index (χ1) is 9.67. The molecule has 0 saturated heterocycles. The number of furan rings is 1. The molecule has 0 saturated carbocycles. The van der Waals surface area contributed by atoms with E-state index in [1.807, 2.05) is 19.1 Å². The Morgan fingerprint density at radius 3 is 2.60 bits per heavy atom. The highest BCUT2D eigenvalue weighted by atomic mass is 16.5. The molecule has 2 N–H and O–H groups in total. The molecule has 6 heteroatoms. The molecule has 0 aliphatic carbocycles. The maximum absolute atomic E-state index is 6.11. The van der Waals surface area contributed by atoms with Gasteiger partial charge in [0.05, 0.1) is 6.04 Å². The summed E-state index contributed by atoms with van der Waals surface area (Å²) in [5.41, 5.74) is 6.11. The number of hydrogen-bond acceptors (Lipinski definition) is 6. The van der Waals surface area contributed by atoms with Crippen LogP contribution in [-0.4, -0.2) is 34.7 Å². The fourth-order valence-electron chi connectivity index (χ4n) is 2.01. The van der Waals surface area contributed by atoms with Gasteiger partial charge in [-0.25, -0.2) is 0 Å². The molecule has 2 rings (SSSR count). The largest absolute Gasteiger partial charge is 0.456 e. The van der Waals surface area contributed by atoms with E-state index in [0.717, 1.165) is 25.3 Å². The molecule has 0 spiro atoms. The SMILES string of the molecule is CCc1ccc(-c2nc(C(N)CN(CC)CC)no2)o1. The van der Waals surface area contributed by atoms with Gasteiger partial charge < -0.3 is 19.6 Å². The van der Waals surface area contributed by atoms with Crippen LogP contribution in [0.2, 0.25) is 0 Å². The standard InChI is InChI=1S/C14H22N4O2/c1-4-10-7-8-12(19-10)14-16-13(17-20-14)11(15)9-18(5-2)6-3/h7-8,11H,4-6,9,15H2,1-3H3. The average molecular weight is 278 g/mol. The summed E-state index contributed by atoms with van der Waals surface area (Å²) in [5.74, 6) is 2.39. The zero-order valence-corrected chi connectivity index (χ0v) is 12.3. The van der Waals surface area contributed by atoms with Crippen LogP contribution in [0.15, 0.2) is 21.1 Å². The predicted molar refractivity (Wildman–Crippen MR) is 76.1 cm³/mol. The minimum Gasteiger partial charge on any atom is -0.456 e. The first kappa shape index (κ1) is 14.7. The summed E-state index contributed by atoms with van der Waals surface area (Å²) in [6.07, 6.45) is 0.836. The summed E-state index contributed by atoms with van der Waals surface area (Å²) >= 11 is 0. The second-order valence-electron chi connectivity index (χ2n) is 4.67. The van der Waals surface area contributed by atoms with Crippen LogP contribution < -0.4 is 5.73 Å². The Morgan fingerprint density at radius 1 is 1.25 bits per heavy atom. The third kappa shape index (κ3) is 3.26. The van der Waals surface area contributed by atoms with E-state index in [1.165, 1.54) is 0 Å². The highest BCUT2D eigenvalue weighted by Gasteiger charge is 2.18. The van der Waals surface area contributed by atoms with Gasteiger partial charge in [-0.05, 0) is 25.2 Å². The first-order valence-corrected chi connectivity index (χ1v) is 7.08. The van der Waals surface area contributed by atoms with E-state index in [4.69, 9.17) is 14.7 Å². The van der Waals surface area contributed by atoms with E-state index in [0.29, 0.717) is 24.0 Å². The lowest BCUT2D eigenvalue weighted by molar-refractivity contribution is 0.278. The molecule has 0 radical (unpaired) electrons. The lowest BCUT2D eigenvalue weighted by Crippen LogP contribution is -2.32. The lowest BCUT2D eigenvalue weighted by Gasteiger charge is -2.20. The Labute approximate surface area is 118 Å². The van der Waals surface area contributed by atoms with Crippen molar-refractivity contribution in [3.05, 3.63) is 23.7 Å². The average Bonchev–Trinajstić information content (AvgIpc) is 3.12. The Bertz CT molecular complexity index is 531. The van der Waals surface area contributed by atoms with Crippen LogP contribution >= 0.6 is 0 Å². The van der Waals surface area contributed by atoms with Crippen LogP contribution in [0.5, 0.6) is 0 Å². The second-order valence-corrected chi connectivity index (χ2v) is 4.67. The Morgan fingerprint density at radius 2 is 2.00 bits per heavy atom. The van der Waals surface area contributed by atoms with Crippen molar-refractivity contribution >= 4 is 0 Å². The van der Waals surface area contributed by atoms with Crippen molar-refractivity contribution in [2.75, 3.05) is 19.6 Å². The molecule has 2 heterocycles. The number of hydrogen-bond donors (Lipinski definition) is 1. The Hall–Kier alpha value is -1.66. The van der Waals surface area contributed by atoms with Crippen molar-refractivity contribution in [2.45, 2.75) is 33.2 Å². The second kappa shape index (κ2) is 6.67. The van der Waals surface area contributed by atoms with Crippen molar-refractivity contribution in [1.29, 1.82) is 0 Å². The van der Waals surface area contributed by atoms with E-state index < -0.39 is 0 Å². The smallest absolute Gasteiger partial charge is 0.293 e. The molecule has 0 aliphatic heterocycles. The highest BCUT2D eigenvalue weighted by Crippen LogP contribution is 2.22. The molecule has 2 aromatic heterocycles. The molecule has 0 bridgehead atoms. The topological polar surface area (TPSA) is 81.3 Å². The fraction of sp³-hybridized carbons (Fsp3) is 0.571. The molecule has 20 heavy (non-hydrogen) atoms. The molecular weight excluding hydrogens is 256 g/mol. The minimum absolute atomic E-state index is 0.256. The minimum atomic E-state index is -0.256. The summed E-state index contributed by atoms with van der Waals surface area (Å²) in [6, 6.07) is 3.49. The van der Waals surface area contributed by atoms with Gasteiger partial charge in [-0.3, -0.25) is 0 Å². The van der Waals surface area contributed by atoms with E-state index in [1.54, 1.807) is 0 Å². The van der Waals surface area contributed by atoms with E-state index in [9.17, 15) is 0 Å². The summed E-state index contributed by atoms with van der Waals surface area (Å²) in [5, 5.41) is 3.95. The monoisotopic (exact) mass is 278 g/mol. The normalized spacial score (nSPS) is 13.1. The van der Waals surface area contributed by atoms with Gasteiger partial charge in [-0.15, -0.1) is 0 Å². The van der Waals surface area contributed by atoms with Crippen LogP contribution in [-0.2, 0) is 6.42 Å².